The molecule has 12 aliphatic rings. The molecule has 586 valence electrons. The molecule has 12 fully saturated rings. The molecule has 0 spiro atoms. The van der Waals surface area contributed by atoms with Gasteiger partial charge < -0.3 is 23.7 Å². The first-order valence-corrected chi connectivity index (χ1v) is 43.2. The second kappa shape index (κ2) is 35.1. The lowest BCUT2D eigenvalue weighted by atomic mass is 9.44. The van der Waals surface area contributed by atoms with Gasteiger partial charge in [-0.05, 0) is 342 Å². The van der Waals surface area contributed by atoms with E-state index in [1.807, 2.05) is 76.2 Å². The molecular formula is C91H162O10. The topological polar surface area (TPSA) is 132 Å². The molecule has 10 heteroatoms. The van der Waals surface area contributed by atoms with Gasteiger partial charge in [-0.25, -0.2) is 0 Å². The zero-order chi connectivity index (χ0) is 75.6. The van der Waals surface area contributed by atoms with Crippen LogP contribution >= 0.6 is 0 Å². The monoisotopic (exact) mass is 1420 g/mol. The van der Waals surface area contributed by atoms with Crippen LogP contribution in [0.3, 0.4) is 0 Å². The van der Waals surface area contributed by atoms with Crippen LogP contribution in [0, 0.1) is 103 Å². The number of hydrogen-bond donors (Lipinski definition) is 0. The Labute approximate surface area is 622 Å². The molecule has 12 saturated carbocycles. The minimum Gasteiger partial charge on any atom is -0.459 e. The van der Waals surface area contributed by atoms with Crippen molar-refractivity contribution in [1.82, 2.24) is 0 Å². The van der Waals surface area contributed by atoms with E-state index in [-0.39, 0.29) is 95.8 Å². The molecule has 0 amide bonds. The van der Waals surface area contributed by atoms with Crippen LogP contribution in [0.4, 0.5) is 0 Å². The van der Waals surface area contributed by atoms with Crippen molar-refractivity contribution < 1.29 is 47.7 Å². The van der Waals surface area contributed by atoms with Crippen molar-refractivity contribution in [2.75, 3.05) is 0 Å². The molecule has 12 aliphatic carbocycles. The van der Waals surface area contributed by atoms with Crippen molar-refractivity contribution in [1.29, 1.82) is 0 Å². The van der Waals surface area contributed by atoms with E-state index < -0.39 is 0 Å². The zero-order valence-corrected chi connectivity index (χ0v) is 70.8. The molecule has 3 atom stereocenters. The zero-order valence-electron chi connectivity index (χ0n) is 70.8. The van der Waals surface area contributed by atoms with Gasteiger partial charge in [0.2, 0.25) is 0 Å². The van der Waals surface area contributed by atoms with Gasteiger partial charge in [-0.15, -0.1) is 0 Å². The number of esters is 5. The van der Waals surface area contributed by atoms with Gasteiger partial charge in [0.15, 0.2) is 0 Å². The highest BCUT2D eigenvalue weighted by molar-refractivity contribution is 5.78. The first-order chi connectivity index (χ1) is 47.0. The second-order valence-corrected chi connectivity index (χ2v) is 40.3. The standard InChI is InChI=1S/C21H36O2.C19H32O2.C18H34O2.C17H32O2.C16H28O2/c1-6-19(4,5)18(22)23-21(7-2,8-3)20-12-15-9-16(13-20)11-17(10-15)14-20;1-6-17(2,3)16(20)21-18(4,5)19-10-13-7-14(11-19)9-15(8-13)12-19;1-6-17(4,5)16(19)20-18(7-2,8-3)14-15-12-10-9-11-13-15;1-6-16(4,5)15(18)19-17(7-2,8-3)14-12-10-9-11-13-14;1-6-15(2,3)14(17)18-16(4,5)13-10-11-7-8-12(13)9-11/h15-17H,6-14H2,1-5H3;13-15H,6-12H2,1-5H3;15H,6-14H2,1-5H3;14H,6-13H2,1-5H3;11-13H,6-10H2,1-5H3. The Balaban J connectivity index is 0.000000199. The van der Waals surface area contributed by atoms with Crippen LogP contribution < -0.4 is 0 Å². The Morgan fingerprint density at radius 1 is 0.317 bits per heavy atom. The maximum atomic E-state index is 12.9. The third-order valence-electron chi connectivity index (χ3n) is 31.1. The quantitative estimate of drug-likeness (QED) is 0.0578. The molecule has 3 unspecified atom stereocenters. The summed E-state index contributed by atoms with van der Waals surface area (Å²) in [6.45, 7) is 52.1. The molecular weight excluding hydrogens is 1250 g/mol. The smallest absolute Gasteiger partial charge is 0.312 e. The Hall–Kier alpha value is -2.65. The Kier molecular flexibility index (Phi) is 30.4. The lowest BCUT2D eigenvalue weighted by molar-refractivity contribution is -0.219. The Morgan fingerprint density at radius 3 is 1.00 bits per heavy atom. The number of carbonyl (C=O) groups excluding carboxylic acids is 5. The Morgan fingerprint density at radius 2 is 0.663 bits per heavy atom. The summed E-state index contributed by atoms with van der Waals surface area (Å²) < 4.78 is 30.6. The van der Waals surface area contributed by atoms with Crippen LogP contribution in [0.25, 0.3) is 0 Å². The SMILES string of the molecule is CCC(C)(C)C(=O)OC(C)(C)C12CC3CC(CC(C3)C1)C2.CCC(C)(C)C(=O)OC(C)(C)C1CC2CCC1C2.CCC(C)(C)C(=O)OC(CC)(CC)C12CC3CC(CC(C3)C1)C2.CCC(C)(C)C(=O)OC(CC)(CC)C1CCCCC1.CCC(CC)(CC1CCCCC1)OC(=O)C(C)(C)CC. The summed E-state index contributed by atoms with van der Waals surface area (Å²) in [6, 6.07) is 0. The van der Waals surface area contributed by atoms with Crippen LogP contribution in [0.2, 0.25) is 0 Å². The molecule has 0 saturated heterocycles. The summed E-state index contributed by atoms with van der Waals surface area (Å²) in [5.74, 6) is 8.94. The fourth-order valence-corrected chi connectivity index (χ4v) is 21.8. The molecule has 0 aromatic rings. The molecule has 0 aliphatic heterocycles. The summed E-state index contributed by atoms with van der Waals surface area (Å²) in [6.07, 6.45) is 45.8. The van der Waals surface area contributed by atoms with Crippen LogP contribution in [0.5, 0.6) is 0 Å². The highest BCUT2D eigenvalue weighted by Gasteiger charge is 2.63. The lowest BCUT2D eigenvalue weighted by Crippen LogP contribution is -2.60. The van der Waals surface area contributed by atoms with E-state index in [1.54, 1.807) is 0 Å². The average Bonchev–Trinajstić information content (AvgIpc) is 1.38. The molecule has 10 nitrogen and oxygen atoms in total. The van der Waals surface area contributed by atoms with Gasteiger partial charge in [0.1, 0.15) is 28.0 Å². The van der Waals surface area contributed by atoms with Crippen molar-refractivity contribution >= 4 is 29.8 Å². The number of fused-ring (bicyclic) bond motifs is 2. The van der Waals surface area contributed by atoms with Gasteiger partial charge in [-0.2, -0.15) is 0 Å². The van der Waals surface area contributed by atoms with E-state index in [4.69, 9.17) is 23.7 Å². The number of hydrogen-bond acceptors (Lipinski definition) is 10. The molecule has 0 aromatic heterocycles. The normalized spacial score (nSPS) is 29.0. The Bertz CT molecular complexity index is 2550. The van der Waals surface area contributed by atoms with Crippen molar-refractivity contribution in [3.05, 3.63) is 0 Å². The minimum absolute atomic E-state index is 0.00857. The maximum absolute atomic E-state index is 12.9. The largest absolute Gasteiger partial charge is 0.459 e. The van der Waals surface area contributed by atoms with E-state index in [0.29, 0.717) is 11.8 Å². The minimum atomic E-state index is -0.363. The highest BCUT2D eigenvalue weighted by atomic mass is 16.6. The molecule has 12 rings (SSSR count). The fourth-order valence-electron chi connectivity index (χ4n) is 21.8. The van der Waals surface area contributed by atoms with E-state index in [1.165, 1.54) is 167 Å². The van der Waals surface area contributed by atoms with Crippen molar-refractivity contribution in [2.24, 2.45) is 103 Å². The van der Waals surface area contributed by atoms with Gasteiger partial charge in [-0.1, -0.05) is 134 Å². The van der Waals surface area contributed by atoms with Crippen molar-refractivity contribution in [3.8, 4) is 0 Å². The van der Waals surface area contributed by atoms with Crippen molar-refractivity contribution in [2.45, 2.75) is 445 Å². The predicted molar refractivity (Wildman–Crippen MR) is 417 cm³/mol. The van der Waals surface area contributed by atoms with Crippen LogP contribution in [0.15, 0.2) is 0 Å². The molecule has 0 aromatic carbocycles. The summed E-state index contributed by atoms with van der Waals surface area (Å²) >= 11 is 0. The summed E-state index contributed by atoms with van der Waals surface area (Å²) in [7, 11) is 0. The summed E-state index contributed by atoms with van der Waals surface area (Å²) in [4.78, 5) is 62.6. The average molecular weight is 1420 g/mol. The van der Waals surface area contributed by atoms with Crippen molar-refractivity contribution in [3.63, 3.8) is 0 Å². The van der Waals surface area contributed by atoms with Gasteiger partial charge in [-0.3, -0.25) is 24.0 Å². The summed E-state index contributed by atoms with van der Waals surface area (Å²) in [5.41, 5.74) is -2.55. The molecule has 0 heterocycles. The third kappa shape index (κ3) is 20.6. The first-order valence-electron chi connectivity index (χ1n) is 43.2. The van der Waals surface area contributed by atoms with Crippen LogP contribution in [0.1, 0.15) is 417 Å². The van der Waals surface area contributed by atoms with E-state index in [9.17, 15) is 24.0 Å². The molecule has 0 radical (unpaired) electrons. The first kappa shape index (κ1) is 87.3. The number of carbonyl (C=O) groups is 5. The molecule has 101 heavy (non-hydrogen) atoms. The number of ether oxygens (including phenoxy) is 5. The van der Waals surface area contributed by atoms with E-state index in [0.717, 1.165) is 130 Å². The second-order valence-electron chi connectivity index (χ2n) is 40.3. The molecule has 0 N–H and O–H groups in total. The third-order valence-corrected chi connectivity index (χ3v) is 31.1. The predicted octanol–water partition coefficient (Wildman–Crippen LogP) is 25.5. The number of rotatable bonds is 27. The van der Waals surface area contributed by atoms with Crippen LogP contribution in [-0.2, 0) is 47.7 Å². The molecule has 10 bridgehead atoms. The fraction of sp³-hybridized carbons (Fsp3) is 0.945. The van der Waals surface area contributed by atoms with Gasteiger partial charge in [0, 0.05) is 16.7 Å². The van der Waals surface area contributed by atoms with Crippen LogP contribution in [-0.4, -0.2) is 57.9 Å². The van der Waals surface area contributed by atoms with Gasteiger partial charge >= 0.3 is 29.8 Å². The van der Waals surface area contributed by atoms with E-state index >= 15 is 0 Å². The lowest BCUT2D eigenvalue weighted by Gasteiger charge is -2.63. The summed E-state index contributed by atoms with van der Waals surface area (Å²) in [5, 5.41) is 0. The van der Waals surface area contributed by atoms with Gasteiger partial charge in [0.25, 0.3) is 0 Å². The van der Waals surface area contributed by atoms with E-state index in [2.05, 4.69) is 96.9 Å². The maximum Gasteiger partial charge on any atom is 0.312 e. The van der Waals surface area contributed by atoms with Gasteiger partial charge in [0.05, 0.1) is 27.1 Å². The highest BCUT2D eigenvalue weighted by Crippen LogP contribution is 2.67.